The number of hydrogen-bond donors (Lipinski definition) is 1. The van der Waals surface area contributed by atoms with Crippen molar-refractivity contribution in [2.45, 2.75) is 38.8 Å². The van der Waals surface area contributed by atoms with Gasteiger partial charge < -0.3 is 9.84 Å². The molecule has 1 aromatic heterocycles. The van der Waals surface area contributed by atoms with Crippen molar-refractivity contribution in [3.8, 4) is 0 Å². The molecule has 4 rings (SSSR count). The fourth-order valence-electron chi connectivity index (χ4n) is 4.20. The molecule has 1 unspecified atom stereocenters. The van der Waals surface area contributed by atoms with Gasteiger partial charge >= 0.3 is 5.97 Å². The normalized spacial score (nSPS) is 20.2. The Balaban J connectivity index is 1.80. The number of aromatic carboxylic acids is 1. The van der Waals surface area contributed by atoms with Crippen molar-refractivity contribution in [3.63, 3.8) is 0 Å². The summed E-state index contributed by atoms with van der Waals surface area (Å²) in [4.78, 5) is 13.9. The summed E-state index contributed by atoms with van der Waals surface area (Å²) in [6.07, 6.45) is 2.92. The first kappa shape index (κ1) is 17.7. The number of benzene rings is 1. The van der Waals surface area contributed by atoms with Crippen LogP contribution < -0.4 is 0 Å². The van der Waals surface area contributed by atoms with Crippen LogP contribution in [0.1, 0.15) is 41.4 Å². The topological polar surface area (TPSA) is 71.8 Å². The Morgan fingerprint density at radius 1 is 1.35 bits per heavy atom. The third-order valence-electron chi connectivity index (χ3n) is 5.54. The Labute approximate surface area is 155 Å². The van der Waals surface area contributed by atoms with Crippen LogP contribution in [-0.4, -0.2) is 55.7 Å². The van der Waals surface area contributed by atoms with Crippen LogP contribution in [0.25, 0.3) is 10.9 Å². The van der Waals surface area contributed by atoms with Crippen molar-refractivity contribution < 1.29 is 18.8 Å². The van der Waals surface area contributed by atoms with Gasteiger partial charge in [-0.3, -0.25) is 8.87 Å². The summed E-state index contributed by atoms with van der Waals surface area (Å²) in [6.45, 7) is 5.25. The van der Waals surface area contributed by atoms with Gasteiger partial charge in [-0.15, -0.1) is 0 Å². The smallest absolute Gasteiger partial charge is 0.335 e. The lowest BCUT2D eigenvalue weighted by atomic mass is 9.99. The fraction of sp³-hybridized carbons (Fsp3) is 0.526. The Bertz CT molecular complexity index is 870. The number of carboxylic acids is 1. The molecule has 140 valence electrons. The van der Waals surface area contributed by atoms with E-state index in [9.17, 15) is 14.1 Å². The highest BCUT2D eigenvalue weighted by atomic mass is 32.2. The van der Waals surface area contributed by atoms with Gasteiger partial charge in [-0.05, 0) is 36.6 Å². The molecule has 0 amide bonds. The number of aromatic nitrogens is 1. The molecule has 6 nitrogen and oxygen atoms in total. The Hall–Kier alpha value is -1.70. The lowest BCUT2D eigenvalue weighted by molar-refractivity contribution is 0.0291. The van der Waals surface area contributed by atoms with Gasteiger partial charge in [-0.1, -0.05) is 6.92 Å². The predicted molar refractivity (Wildman–Crippen MR) is 101 cm³/mol. The van der Waals surface area contributed by atoms with Crippen molar-refractivity contribution >= 4 is 27.9 Å². The molecule has 0 radical (unpaired) electrons. The third-order valence-corrected chi connectivity index (χ3v) is 6.85. The van der Waals surface area contributed by atoms with Gasteiger partial charge in [0.25, 0.3) is 0 Å². The molecule has 0 saturated carbocycles. The molecule has 2 aliphatic heterocycles. The second-order valence-corrected chi connectivity index (χ2v) is 8.52. The molecule has 1 atom stereocenters. The van der Waals surface area contributed by atoms with Gasteiger partial charge in [0.15, 0.2) is 0 Å². The van der Waals surface area contributed by atoms with Gasteiger partial charge in [0.2, 0.25) is 0 Å². The van der Waals surface area contributed by atoms with E-state index in [1.807, 2.05) is 17.0 Å². The van der Waals surface area contributed by atoms with Crippen LogP contribution in [0, 0.1) is 0 Å². The summed E-state index contributed by atoms with van der Waals surface area (Å²) in [5.74, 6) is -0.386. The van der Waals surface area contributed by atoms with Gasteiger partial charge in [-0.2, -0.15) is 0 Å². The maximum Gasteiger partial charge on any atom is 0.335 e. The molecule has 0 aliphatic carbocycles. The quantitative estimate of drug-likeness (QED) is 0.887. The SMILES string of the molecule is CCS(=O)n1c2c(c3cc(C(=O)O)ccc31)CN(C1CCOCC1)CC2. The minimum Gasteiger partial charge on any atom is -0.478 e. The summed E-state index contributed by atoms with van der Waals surface area (Å²) in [5, 5.41) is 10.3. The minimum absolute atomic E-state index is 0.280. The Kier molecular flexibility index (Phi) is 4.86. The van der Waals surface area contributed by atoms with Crippen LogP contribution in [0.4, 0.5) is 0 Å². The number of fused-ring (bicyclic) bond motifs is 3. The molecule has 2 aromatic rings. The number of nitrogens with zero attached hydrogens (tertiary/aromatic N) is 2. The summed E-state index contributed by atoms with van der Waals surface area (Å²) >= 11 is 0. The molecular weight excluding hydrogens is 352 g/mol. The van der Waals surface area contributed by atoms with Crippen molar-refractivity contribution in [3.05, 3.63) is 35.0 Å². The third kappa shape index (κ3) is 2.98. The van der Waals surface area contributed by atoms with Crippen molar-refractivity contribution in [1.29, 1.82) is 0 Å². The average Bonchev–Trinajstić information content (AvgIpc) is 3.01. The average molecular weight is 376 g/mol. The second kappa shape index (κ2) is 7.13. The largest absolute Gasteiger partial charge is 0.478 e. The first-order valence-corrected chi connectivity index (χ1v) is 10.5. The zero-order valence-electron chi connectivity index (χ0n) is 14.9. The highest BCUT2D eigenvalue weighted by Crippen LogP contribution is 2.34. The zero-order chi connectivity index (χ0) is 18.3. The maximum absolute atomic E-state index is 12.7. The summed E-state index contributed by atoms with van der Waals surface area (Å²) in [7, 11) is -1.13. The Morgan fingerprint density at radius 2 is 2.12 bits per heavy atom. The summed E-state index contributed by atoms with van der Waals surface area (Å²) in [5.41, 5.74) is 3.41. The van der Waals surface area contributed by atoms with Crippen molar-refractivity contribution in [2.75, 3.05) is 25.5 Å². The molecule has 1 N–H and O–H groups in total. The first-order chi connectivity index (χ1) is 12.6. The van der Waals surface area contributed by atoms with E-state index in [0.29, 0.717) is 11.8 Å². The van der Waals surface area contributed by atoms with Crippen LogP contribution in [-0.2, 0) is 28.7 Å². The van der Waals surface area contributed by atoms with E-state index in [4.69, 9.17) is 4.74 Å². The van der Waals surface area contributed by atoms with E-state index >= 15 is 0 Å². The standard InChI is InChI=1S/C19H24N2O4S/c1-2-26(24)21-17-4-3-13(19(22)23)11-15(17)16-12-20(8-5-18(16)21)14-6-9-25-10-7-14/h3-4,11,14H,2,5-10,12H2,1H3,(H,22,23). The summed E-state index contributed by atoms with van der Waals surface area (Å²) < 4.78 is 20.1. The highest BCUT2D eigenvalue weighted by molar-refractivity contribution is 7.83. The highest BCUT2D eigenvalue weighted by Gasteiger charge is 2.30. The van der Waals surface area contributed by atoms with E-state index in [-0.39, 0.29) is 5.56 Å². The van der Waals surface area contributed by atoms with Crippen LogP contribution in [0.15, 0.2) is 18.2 Å². The molecule has 26 heavy (non-hydrogen) atoms. The van der Waals surface area contributed by atoms with E-state index in [1.165, 1.54) is 0 Å². The molecule has 3 heterocycles. The molecule has 1 fully saturated rings. The number of rotatable bonds is 4. The molecule has 0 spiro atoms. The summed E-state index contributed by atoms with van der Waals surface area (Å²) in [6, 6.07) is 5.67. The van der Waals surface area contributed by atoms with Crippen LogP contribution in [0.2, 0.25) is 0 Å². The molecule has 1 saturated heterocycles. The zero-order valence-corrected chi connectivity index (χ0v) is 15.8. The molecule has 1 aromatic carbocycles. The first-order valence-electron chi connectivity index (χ1n) is 9.20. The van der Waals surface area contributed by atoms with Gasteiger partial charge in [0, 0.05) is 55.6 Å². The lowest BCUT2D eigenvalue weighted by Crippen LogP contribution is -2.42. The number of hydrogen-bond acceptors (Lipinski definition) is 4. The van der Waals surface area contributed by atoms with Crippen LogP contribution in [0.5, 0.6) is 0 Å². The molecule has 2 aliphatic rings. The van der Waals surface area contributed by atoms with Gasteiger partial charge in [0.05, 0.1) is 11.1 Å². The molecule has 7 heteroatoms. The van der Waals surface area contributed by atoms with Crippen molar-refractivity contribution in [2.24, 2.45) is 0 Å². The van der Waals surface area contributed by atoms with Gasteiger partial charge in [0.1, 0.15) is 11.0 Å². The van der Waals surface area contributed by atoms with Crippen molar-refractivity contribution in [1.82, 2.24) is 8.87 Å². The van der Waals surface area contributed by atoms with E-state index in [2.05, 4.69) is 4.90 Å². The monoisotopic (exact) mass is 376 g/mol. The van der Waals surface area contributed by atoms with Gasteiger partial charge in [-0.25, -0.2) is 9.00 Å². The maximum atomic E-state index is 12.7. The second-order valence-electron chi connectivity index (χ2n) is 6.93. The molecule has 0 bridgehead atoms. The predicted octanol–water partition coefficient (Wildman–Crippen LogP) is 2.41. The van der Waals surface area contributed by atoms with Crippen LogP contribution in [0.3, 0.4) is 0 Å². The fourth-order valence-corrected chi connectivity index (χ4v) is 5.28. The van der Waals surface area contributed by atoms with E-state index < -0.39 is 17.0 Å². The van der Waals surface area contributed by atoms with Crippen LogP contribution >= 0.6 is 0 Å². The molecular formula is C19H24N2O4S. The minimum atomic E-state index is -1.13. The lowest BCUT2D eigenvalue weighted by Gasteiger charge is -2.37. The number of ether oxygens (including phenoxy) is 1. The number of carbonyl (C=O) groups is 1. The Morgan fingerprint density at radius 3 is 2.81 bits per heavy atom. The van der Waals surface area contributed by atoms with E-state index in [0.717, 1.165) is 67.7 Å². The number of carboxylic acid groups (broad SMARTS) is 1. The van der Waals surface area contributed by atoms with E-state index in [1.54, 1.807) is 12.1 Å².